The highest BCUT2D eigenvalue weighted by atomic mass is 19.4. The number of halogens is 6. The molecule has 13 heavy (non-hydrogen) atoms. The Morgan fingerprint density at radius 1 is 0.923 bits per heavy atom. The van der Waals surface area contributed by atoms with Gasteiger partial charge in [-0.25, -0.2) is 5.01 Å². The van der Waals surface area contributed by atoms with Crippen molar-refractivity contribution >= 4 is 0 Å². The second-order valence-corrected chi connectivity index (χ2v) is 2.31. The van der Waals surface area contributed by atoms with E-state index in [-0.39, 0.29) is 5.01 Å². The summed E-state index contributed by atoms with van der Waals surface area (Å²) in [5.74, 6) is 0. The van der Waals surface area contributed by atoms with E-state index in [0.717, 1.165) is 7.05 Å². The number of nitrogens with zero attached hydrogens (tertiary/aromatic N) is 1. The lowest BCUT2D eigenvalue weighted by atomic mass is 10.5. The quantitative estimate of drug-likeness (QED) is 0.561. The monoisotopic (exact) mass is 210 g/mol. The van der Waals surface area contributed by atoms with Crippen molar-refractivity contribution in [2.24, 2.45) is 0 Å². The molecule has 0 aromatic heterocycles. The zero-order valence-corrected chi connectivity index (χ0v) is 6.63. The third-order valence-electron chi connectivity index (χ3n) is 1.06. The molecule has 0 rings (SSSR count). The minimum Gasteiger partial charge on any atom is -0.258 e. The summed E-state index contributed by atoms with van der Waals surface area (Å²) in [4.78, 5) is 0. The molecule has 80 valence electrons. The smallest absolute Gasteiger partial charge is 0.258 e. The maximum Gasteiger partial charge on any atom is 0.402 e. The standard InChI is InChI=1S/C5H8F6N2/c1-12-13(2-4(6,7)8)3-5(9,10)11/h12H,2-3H2,1H3. The molecule has 0 fully saturated rings. The van der Waals surface area contributed by atoms with Gasteiger partial charge in [0.05, 0.1) is 0 Å². The van der Waals surface area contributed by atoms with Gasteiger partial charge in [-0.15, -0.1) is 0 Å². The van der Waals surface area contributed by atoms with Crippen LogP contribution in [0.1, 0.15) is 0 Å². The van der Waals surface area contributed by atoms with Crippen molar-refractivity contribution in [3.05, 3.63) is 0 Å². The molecule has 0 atom stereocenters. The molecule has 0 amide bonds. The van der Waals surface area contributed by atoms with E-state index in [1.54, 1.807) is 0 Å². The molecule has 0 aliphatic heterocycles. The normalized spacial score (nSPS) is 13.8. The molecule has 0 saturated heterocycles. The van der Waals surface area contributed by atoms with Gasteiger partial charge in [0.2, 0.25) is 0 Å². The number of rotatable bonds is 3. The Morgan fingerprint density at radius 2 is 1.23 bits per heavy atom. The van der Waals surface area contributed by atoms with Gasteiger partial charge in [0.25, 0.3) is 0 Å². The second-order valence-electron chi connectivity index (χ2n) is 2.31. The van der Waals surface area contributed by atoms with E-state index in [1.807, 2.05) is 5.43 Å². The van der Waals surface area contributed by atoms with Crippen LogP contribution in [0, 0.1) is 0 Å². The first kappa shape index (κ1) is 12.5. The van der Waals surface area contributed by atoms with Gasteiger partial charge in [-0.05, 0) is 7.05 Å². The van der Waals surface area contributed by atoms with Gasteiger partial charge >= 0.3 is 12.4 Å². The van der Waals surface area contributed by atoms with E-state index >= 15 is 0 Å². The van der Waals surface area contributed by atoms with E-state index < -0.39 is 25.4 Å². The summed E-state index contributed by atoms with van der Waals surface area (Å²) in [5, 5.41) is 0.0417. The fraction of sp³-hybridized carbons (Fsp3) is 1.00. The van der Waals surface area contributed by atoms with Crippen LogP contribution in [0.3, 0.4) is 0 Å². The van der Waals surface area contributed by atoms with Crippen LogP contribution >= 0.6 is 0 Å². The number of alkyl halides is 6. The number of hydrazine groups is 1. The fourth-order valence-electron chi connectivity index (χ4n) is 0.647. The molecule has 0 unspecified atom stereocenters. The van der Waals surface area contributed by atoms with Crippen LogP contribution in [-0.4, -0.2) is 37.5 Å². The van der Waals surface area contributed by atoms with Crippen molar-refractivity contribution < 1.29 is 26.3 Å². The Labute approximate surface area is 70.5 Å². The summed E-state index contributed by atoms with van der Waals surface area (Å²) >= 11 is 0. The van der Waals surface area contributed by atoms with Gasteiger partial charge in [-0.2, -0.15) is 26.3 Å². The molecular formula is C5H8F6N2. The van der Waals surface area contributed by atoms with E-state index in [4.69, 9.17) is 0 Å². The van der Waals surface area contributed by atoms with Gasteiger partial charge in [-0.1, -0.05) is 0 Å². The Hall–Kier alpha value is -0.500. The zero-order valence-electron chi connectivity index (χ0n) is 6.63. The van der Waals surface area contributed by atoms with Gasteiger partial charge in [0.1, 0.15) is 13.1 Å². The lowest BCUT2D eigenvalue weighted by Crippen LogP contribution is -2.46. The maximum atomic E-state index is 11.6. The molecule has 0 bridgehead atoms. The molecule has 1 N–H and O–H groups in total. The van der Waals surface area contributed by atoms with E-state index in [1.165, 1.54) is 0 Å². The van der Waals surface area contributed by atoms with Crippen LogP contribution < -0.4 is 5.43 Å². The first-order valence-corrected chi connectivity index (χ1v) is 3.20. The molecule has 0 aromatic rings. The second kappa shape index (κ2) is 4.14. The highest BCUT2D eigenvalue weighted by molar-refractivity contribution is 4.62. The van der Waals surface area contributed by atoms with E-state index in [0.29, 0.717) is 0 Å². The molecular weight excluding hydrogens is 202 g/mol. The van der Waals surface area contributed by atoms with E-state index in [9.17, 15) is 26.3 Å². The minimum absolute atomic E-state index is 0.0417. The van der Waals surface area contributed by atoms with Crippen LogP contribution in [0.25, 0.3) is 0 Å². The zero-order chi connectivity index (χ0) is 10.7. The van der Waals surface area contributed by atoms with Crippen LogP contribution in [0.15, 0.2) is 0 Å². The first-order valence-electron chi connectivity index (χ1n) is 3.20. The summed E-state index contributed by atoms with van der Waals surface area (Å²) in [5.41, 5.74) is 1.81. The van der Waals surface area contributed by atoms with Crippen LogP contribution in [0.4, 0.5) is 26.3 Å². The third-order valence-corrected chi connectivity index (χ3v) is 1.06. The highest BCUT2D eigenvalue weighted by Gasteiger charge is 2.36. The lowest BCUT2D eigenvalue weighted by molar-refractivity contribution is -0.187. The van der Waals surface area contributed by atoms with Gasteiger partial charge in [0.15, 0.2) is 0 Å². The number of nitrogens with one attached hydrogen (secondary N) is 1. The van der Waals surface area contributed by atoms with Gasteiger partial charge < -0.3 is 0 Å². The summed E-state index contributed by atoms with van der Waals surface area (Å²) in [7, 11) is 0.998. The van der Waals surface area contributed by atoms with Crippen molar-refractivity contribution in [2.45, 2.75) is 12.4 Å². The summed E-state index contributed by atoms with van der Waals surface area (Å²) in [6, 6.07) is 0. The average molecular weight is 210 g/mol. The molecule has 2 nitrogen and oxygen atoms in total. The Kier molecular flexibility index (Phi) is 3.98. The molecule has 0 aliphatic rings. The van der Waals surface area contributed by atoms with Crippen molar-refractivity contribution in [3.63, 3.8) is 0 Å². The minimum atomic E-state index is -4.64. The fourth-order valence-corrected chi connectivity index (χ4v) is 0.647. The summed E-state index contributed by atoms with van der Waals surface area (Å²) in [6.07, 6.45) is -9.29. The van der Waals surface area contributed by atoms with E-state index in [2.05, 4.69) is 0 Å². The number of hydrogen-bond acceptors (Lipinski definition) is 2. The largest absolute Gasteiger partial charge is 0.402 e. The topological polar surface area (TPSA) is 15.3 Å². The number of hydrogen-bond donors (Lipinski definition) is 1. The molecule has 0 aromatic carbocycles. The summed E-state index contributed by atoms with van der Waals surface area (Å²) < 4.78 is 69.7. The summed E-state index contributed by atoms with van der Waals surface area (Å²) in [6.45, 7) is -3.27. The molecule has 8 heteroatoms. The average Bonchev–Trinajstić information content (AvgIpc) is 1.79. The Morgan fingerprint density at radius 3 is 1.38 bits per heavy atom. The SMILES string of the molecule is CNN(CC(F)(F)F)CC(F)(F)F. The third kappa shape index (κ3) is 7.85. The van der Waals surface area contributed by atoms with Gasteiger partial charge in [0, 0.05) is 0 Å². The maximum absolute atomic E-state index is 11.6. The van der Waals surface area contributed by atoms with Crippen LogP contribution in [0.2, 0.25) is 0 Å². The lowest BCUT2D eigenvalue weighted by Gasteiger charge is -2.23. The highest BCUT2D eigenvalue weighted by Crippen LogP contribution is 2.20. The Bertz CT molecular complexity index is 134. The van der Waals surface area contributed by atoms with Crippen LogP contribution in [-0.2, 0) is 0 Å². The van der Waals surface area contributed by atoms with Gasteiger partial charge in [-0.3, -0.25) is 5.43 Å². The Balaban J connectivity index is 4.05. The molecule has 0 spiro atoms. The molecule has 0 heterocycles. The van der Waals surface area contributed by atoms with Crippen molar-refractivity contribution in [1.29, 1.82) is 0 Å². The molecule has 0 radical (unpaired) electrons. The predicted octanol–water partition coefficient (Wildman–Crippen LogP) is 1.55. The molecule has 0 aliphatic carbocycles. The van der Waals surface area contributed by atoms with Crippen molar-refractivity contribution in [1.82, 2.24) is 10.4 Å². The first-order chi connectivity index (χ1) is 5.64. The van der Waals surface area contributed by atoms with Crippen molar-refractivity contribution in [2.75, 3.05) is 20.1 Å². The van der Waals surface area contributed by atoms with Crippen molar-refractivity contribution in [3.8, 4) is 0 Å². The molecule has 0 saturated carbocycles. The predicted molar refractivity (Wildman–Crippen MR) is 32.7 cm³/mol. The van der Waals surface area contributed by atoms with Crippen LogP contribution in [0.5, 0.6) is 0 Å².